The minimum Gasteiger partial charge on any atom is -0.490 e. The zero-order valence-corrected chi connectivity index (χ0v) is 11.6. The van der Waals surface area contributed by atoms with Crippen LogP contribution in [0.25, 0.3) is 0 Å². The molecule has 1 rings (SSSR count). The van der Waals surface area contributed by atoms with E-state index in [-0.39, 0.29) is 17.8 Å². The number of hydrogen-bond donors (Lipinski definition) is 3. The Morgan fingerprint density at radius 2 is 2.26 bits per heavy atom. The standard InChI is InChI=1S/C12H21N5O2/c1-4-8(2)17-9(18)5-6-14-12-10(19-3)11(13)15-7-16-12/h7-8H,4-6H2,1-3H3,(H,17,18)(H3,13,14,15,16). The average Bonchev–Trinajstić information content (AvgIpc) is 2.38. The first-order valence-electron chi connectivity index (χ1n) is 6.26. The summed E-state index contributed by atoms with van der Waals surface area (Å²) in [5.74, 6) is 1.16. The lowest BCUT2D eigenvalue weighted by Gasteiger charge is -2.13. The lowest BCUT2D eigenvalue weighted by atomic mass is 10.2. The molecular formula is C12H21N5O2. The summed E-state index contributed by atoms with van der Waals surface area (Å²) in [6, 6.07) is 0.191. The molecule has 1 heterocycles. The van der Waals surface area contributed by atoms with E-state index in [0.717, 1.165) is 6.42 Å². The van der Waals surface area contributed by atoms with Crippen LogP contribution in [-0.4, -0.2) is 35.6 Å². The number of carbonyl (C=O) groups excluding carboxylic acids is 1. The molecule has 0 radical (unpaired) electrons. The molecule has 1 amide bonds. The van der Waals surface area contributed by atoms with Gasteiger partial charge in [0.2, 0.25) is 11.7 Å². The van der Waals surface area contributed by atoms with Crippen molar-refractivity contribution in [2.75, 3.05) is 24.7 Å². The van der Waals surface area contributed by atoms with Crippen LogP contribution in [0.4, 0.5) is 11.6 Å². The molecule has 0 aliphatic carbocycles. The Morgan fingerprint density at radius 1 is 1.53 bits per heavy atom. The Labute approximate surface area is 113 Å². The van der Waals surface area contributed by atoms with E-state index in [2.05, 4.69) is 20.6 Å². The van der Waals surface area contributed by atoms with Crippen molar-refractivity contribution in [1.82, 2.24) is 15.3 Å². The molecule has 1 unspecified atom stereocenters. The third kappa shape index (κ3) is 4.61. The second-order valence-corrected chi connectivity index (χ2v) is 4.19. The van der Waals surface area contributed by atoms with E-state index < -0.39 is 0 Å². The molecule has 1 aromatic rings. The van der Waals surface area contributed by atoms with Crippen LogP contribution in [0, 0.1) is 0 Å². The highest BCUT2D eigenvalue weighted by Gasteiger charge is 2.10. The highest BCUT2D eigenvalue weighted by atomic mass is 16.5. The van der Waals surface area contributed by atoms with Crippen LogP contribution in [0.5, 0.6) is 5.75 Å². The topological polar surface area (TPSA) is 102 Å². The molecule has 0 fully saturated rings. The van der Waals surface area contributed by atoms with E-state index in [4.69, 9.17) is 10.5 Å². The van der Waals surface area contributed by atoms with Gasteiger partial charge in [-0.25, -0.2) is 9.97 Å². The fourth-order valence-electron chi connectivity index (χ4n) is 1.46. The number of nitrogens with one attached hydrogen (secondary N) is 2. The molecule has 106 valence electrons. The van der Waals surface area contributed by atoms with Crippen LogP contribution in [0.3, 0.4) is 0 Å². The fraction of sp³-hybridized carbons (Fsp3) is 0.583. The molecule has 4 N–H and O–H groups in total. The Bertz CT molecular complexity index is 425. The van der Waals surface area contributed by atoms with Gasteiger partial charge in [-0.3, -0.25) is 4.79 Å². The van der Waals surface area contributed by atoms with Gasteiger partial charge in [0.1, 0.15) is 6.33 Å². The second kappa shape index (κ2) is 7.40. The van der Waals surface area contributed by atoms with Crippen LogP contribution in [0.15, 0.2) is 6.33 Å². The molecule has 1 atom stereocenters. The Kier molecular flexibility index (Phi) is 5.84. The second-order valence-electron chi connectivity index (χ2n) is 4.19. The number of methoxy groups -OCH3 is 1. The third-order valence-electron chi connectivity index (χ3n) is 2.70. The van der Waals surface area contributed by atoms with Gasteiger partial charge >= 0.3 is 0 Å². The average molecular weight is 267 g/mol. The molecule has 7 nitrogen and oxygen atoms in total. The number of rotatable bonds is 7. The van der Waals surface area contributed by atoms with Crippen LogP contribution >= 0.6 is 0 Å². The van der Waals surface area contributed by atoms with Crippen LogP contribution < -0.4 is 21.1 Å². The van der Waals surface area contributed by atoms with E-state index in [1.165, 1.54) is 13.4 Å². The minimum absolute atomic E-state index is 0.00263. The lowest BCUT2D eigenvalue weighted by Crippen LogP contribution is -2.33. The summed E-state index contributed by atoms with van der Waals surface area (Å²) in [7, 11) is 1.50. The summed E-state index contributed by atoms with van der Waals surface area (Å²) in [5.41, 5.74) is 5.65. The van der Waals surface area contributed by atoms with Crippen molar-refractivity contribution in [3.05, 3.63) is 6.33 Å². The molecule has 7 heteroatoms. The minimum atomic E-state index is 0.00263. The SMILES string of the molecule is CCC(C)NC(=O)CCNc1ncnc(N)c1OC. The van der Waals surface area contributed by atoms with Gasteiger partial charge in [-0.05, 0) is 13.3 Å². The summed E-state index contributed by atoms with van der Waals surface area (Å²) >= 11 is 0. The summed E-state index contributed by atoms with van der Waals surface area (Å²) < 4.78 is 5.10. The fourth-order valence-corrected chi connectivity index (χ4v) is 1.46. The summed E-state index contributed by atoms with van der Waals surface area (Å²) in [4.78, 5) is 19.4. The molecule has 1 aromatic heterocycles. The van der Waals surface area contributed by atoms with Crippen molar-refractivity contribution < 1.29 is 9.53 Å². The Morgan fingerprint density at radius 3 is 2.89 bits per heavy atom. The van der Waals surface area contributed by atoms with E-state index in [1.807, 2.05) is 13.8 Å². The molecule has 0 aromatic carbocycles. The molecule has 0 saturated carbocycles. The number of amides is 1. The maximum Gasteiger partial charge on any atom is 0.221 e. The van der Waals surface area contributed by atoms with Crippen molar-refractivity contribution in [3.8, 4) is 5.75 Å². The lowest BCUT2D eigenvalue weighted by molar-refractivity contribution is -0.121. The molecule has 0 aliphatic heterocycles. The van der Waals surface area contributed by atoms with Crippen LogP contribution in [-0.2, 0) is 4.79 Å². The molecule has 0 saturated heterocycles. The monoisotopic (exact) mass is 267 g/mol. The van der Waals surface area contributed by atoms with E-state index in [0.29, 0.717) is 24.5 Å². The Balaban J connectivity index is 2.45. The maximum atomic E-state index is 11.6. The smallest absolute Gasteiger partial charge is 0.221 e. The van der Waals surface area contributed by atoms with Gasteiger partial charge in [-0.1, -0.05) is 6.92 Å². The van der Waals surface area contributed by atoms with Gasteiger partial charge in [0.15, 0.2) is 11.6 Å². The number of nitrogens with zero attached hydrogens (tertiary/aromatic N) is 2. The van der Waals surface area contributed by atoms with Crippen molar-refractivity contribution >= 4 is 17.5 Å². The first kappa shape index (κ1) is 15.0. The zero-order valence-electron chi connectivity index (χ0n) is 11.6. The van der Waals surface area contributed by atoms with Crippen molar-refractivity contribution in [3.63, 3.8) is 0 Å². The normalized spacial score (nSPS) is 11.7. The summed E-state index contributed by atoms with van der Waals surface area (Å²) in [5, 5.41) is 5.90. The summed E-state index contributed by atoms with van der Waals surface area (Å²) in [6.07, 6.45) is 2.62. The number of nitrogens with two attached hydrogens (primary N) is 1. The van der Waals surface area contributed by atoms with Gasteiger partial charge in [0.05, 0.1) is 7.11 Å². The van der Waals surface area contributed by atoms with E-state index in [9.17, 15) is 4.79 Å². The van der Waals surface area contributed by atoms with Gasteiger partial charge in [-0.15, -0.1) is 0 Å². The van der Waals surface area contributed by atoms with Gasteiger partial charge in [-0.2, -0.15) is 0 Å². The molecule has 0 spiro atoms. The first-order chi connectivity index (χ1) is 9.08. The number of anilines is 2. The molecule has 19 heavy (non-hydrogen) atoms. The zero-order chi connectivity index (χ0) is 14.3. The molecular weight excluding hydrogens is 246 g/mol. The third-order valence-corrected chi connectivity index (χ3v) is 2.70. The van der Waals surface area contributed by atoms with Crippen molar-refractivity contribution in [2.24, 2.45) is 0 Å². The van der Waals surface area contributed by atoms with E-state index >= 15 is 0 Å². The number of hydrogen-bond acceptors (Lipinski definition) is 6. The van der Waals surface area contributed by atoms with Gasteiger partial charge < -0.3 is 21.1 Å². The van der Waals surface area contributed by atoms with Crippen molar-refractivity contribution in [1.29, 1.82) is 0 Å². The molecule has 0 aliphatic rings. The number of carbonyl (C=O) groups is 1. The van der Waals surface area contributed by atoms with Gasteiger partial charge in [0.25, 0.3) is 0 Å². The van der Waals surface area contributed by atoms with E-state index in [1.54, 1.807) is 0 Å². The van der Waals surface area contributed by atoms with Crippen LogP contribution in [0.2, 0.25) is 0 Å². The molecule has 0 bridgehead atoms. The number of ether oxygens (including phenoxy) is 1. The highest BCUT2D eigenvalue weighted by molar-refractivity contribution is 5.76. The maximum absolute atomic E-state index is 11.6. The number of nitrogen functional groups attached to an aromatic ring is 1. The number of aromatic nitrogens is 2. The predicted octanol–water partition coefficient (Wildman–Crippen LogP) is 0.784. The quantitative estimate of drug-likeness (QED) is 0.675. The van der Waals surface area contributed by atoms with Crippen molar-refractivity contribution in [2.45, 2.75) is 32.7 Å². The highest BCUT2D eigenvalue weighted by Crippen LogP contribution is 2.25. The van der Waals surface area contributed by atoms with Gasteiger partial charge in [0, 0.05) is 19.0 Å². The Hall–Kier alpha value is -2.05. The predicted molar refractivity (Wildman–Crippen MR) is 74.0 cm³/mol. The summed E-state index contributed by atoms with van der Waals surface area (Å²) in [6.45, 7) is 4.45. The van der Waals surface area contributed by atoms with Crippen LogP contribution in [0.1, 0.15) is 26.7 Å². The largest absolute Gasteiger partial charge is 0.490 e. The first-order valence-corrected chi connectivity index (χ1v) is 6.26.